The molecule has 0 fully saturated rings. The zero-order valence-corrected chi connectivity index (χ0v) is 12.1. The molecular weight excluding hydrogens is 286 g/mol. The fourth-order valence-electron chi connectivity index (χ4n) is 2.02. The van der Waals surface area contributed by atoms with E-state index in [1.165, 1.54) is 7.11 Å². The number of H-pyrrole nitrogens is 1. The van der Waals surface area contributed by atoms with E-state index in [1.807, 2.05) is 18.2 Å². The number of anilines is 3. The van der Waals surface area contributed by atoms with Gasteiger partial charge in [-0.3, -0.25) is 9.59 Å². The summed E-state index contributed by atoms with van der Waals surface area (Å²) in [5, 5.41) is 5.43. The van der Waals surface area contributed by atoms with Gasteiger partial charge in [0.25, 0.3) is 5.91 Å². The number of amides is 1. The number of methoxy groups -OCH3 is 1. The maximum absolute atomic E-state index is 11.9. The first kappa shape index (κ1) is 15.3. The highest BCUT2D eigenvalue weighted by molar-refractivity contribution is 6.30. The van der Waals surface area contributed by atoms with Gasteiger partial charge < -0.3 is 20.4 Å². The summed E-state index contributed by atoms with van der Waals surface area (Å²) in [5.41, 5.74) is 1.82. The summed E-state index contributed by atoms with van der Waals surface area (Å²) in [7, 11) is 1.27. The van der Waals surface area contributed by atoms with Crippen molar-refractivity contribution in [2.24, 2.45) is 0 Å². The second-order valence-corrected chi connectivity index (χ2v) is 4.46. The number of carbonyl (C=O) groups is 3. The molecule has 0 aliphatic rings. The average molecular weight is 301 g/mol. The Kier molecular flexibility index (Phi) is 4.57. The molecule has 0 radical (unpaired) electrons. The van der Waals surface area contributed by atoms with Crippen molar-refractivity contribution in [2.75, 3.05) is 17.7 Å². The number of aromatic amines is 1. The topological polar surface area (TPSA) is 100 Å². The first-order valence-corrected chi connectivity index (χ1v) is 6.46. The highest BCUT2D eigenvalue weighted by Gasteiger charge is 2.23. The average Bonchev–Trinajstić information content (AvgIpc) is 2.83. The molecule has 22 heavy (non-hydrogen) atoms. The highest BCUT2D eigenvalue weighted by Crippen LogP contribution is 2.32. The third-order valence-electron chi connectivity index (χ3n) is 2.98. The first-order chi connectivity index (χ1) is 10.6. The second kappa shape index (κ2) is 6.57. The summed E-state index contributed by atoms with van der Waals surface area (Å²) in [6, 6.07) is 9.10. The lowest BCUT2D eigenvalue weighted by Gasteiger charge is -2.10. The van der Waals surface area contributed by atoms with Crippen molar-refractivity contribution in [3.63, 3.8) is 0 Å². The van der Waals surface area contributed by atoms with Gasteiger partial charge >= 0.3 is 5.97 Å². The Morgan fingerprint density at radius 2 is 1.91 bits per heavy atom. The molecule has 0 atom stereocenters. The Morgan fingerprint density at radius 3 is 2.50 bits per heavy atom. The largest absolute Gasteiger partial charge is 0.465 e. The minimum absolute atomic E-state index is 0.153. The van der Waals surface area contributed by atoms with Gasteiger partial charge in [-0.15, -0.1) is 0 Å². The third kappa shape index (κ3) is 3.14. The quantitative estimate of drug-likeness (QED) is 0.445. The van der Waals surface area contributed by atoms with Crippen LogP contribution >= 0.6 is 0 Å². The van der Waals surface area contributed by atoms with Gasteiger partial charge in [-0.2, -0.15) is 0 Å². The molecule has 0 aliphatic heterocycles. The fraction of sp³-hybridized carbons (Fsp3) is 0.133. The van der Waals surface area contributed by atoms with Crippen LogP contribution in [0.3, 0.4) is 0 Å². The van der Waals surface area contributed by atoms with Gasteiger partial charge in [0.1, 0.15) is 11.4 Å². The number of benzene rings is 1. The summed E-state index contributed by atoms with van der Waals surface area (Å²) in [5.74, 6) is -1.16. The zero-order chi connectivity index (χ0) is 16.1. The Balaban J connectivity index is 2.48. The molecule has 114 valence electrons. The number of aromatic nitrogens is 1. The van der Waals surface area contributed by atoms with E-state index < -0.39 is 11.9 Å². The molecule has 7 nitrogen and oxygen atoms in total. The molecule has 0 spiro atoms. The number of hydrogen-bond acceptors (Lipinski definition) is 5. The fourth-order valence-corrected chi connectivity index (χ4v) is 2.02. The van der Waals surface area contributed by atoms with Gasteiger partial charge in [-0.25, -0.2) is 4.79 Å². The summed E-state index contributed by atoms with van der Waals surface area (Å²) in [6.07, 6.45) is 0.153. The monoisotopic (exact) mass is 301 g/mol. The van der Waals surface area contributed by atoms with E-state index in [-0.39, 0.29) is 17.7 Å². The van der Waals surface area contributed by atoms with Crippen LogP contribution < -0.4 is 10.6 Å². The lowest BCUT2D eigenvalue weighted by Crippen LogP contribution is -2.14. The maximum Gasteiger partial charge on any atom is 0.341 e. The molecule has 3 N–H and O–H groups in total. The van der Waals surface area contributed by atoms with E-state index in [9.17, 15) is 14.4 Å². The van der Waals surface area contributed by atoms with Crippen molar-refractivity contribution in [1.82, 2.24) is 4.98 Å². The van der Waals surface area contributed by atoms with E-state index in [2.05, 4.69) is 15.6 Å². The molecule has 7 heteroatoms. The van der Waals surface area contributed by atoms with Gasteiger partial charge in [0.2, 0.25) is 6.29 Å². The van der Waals surface area contributed by atoms with Crippen LogP contribution in [-0.4, -0.2) is 30.3 Å². The van der Waals surface area contributed by atoms with E-state index in [0.29, 0.717) is 17.1 Å². The maximum atomic E-state index is 11.9. The van der Waals surface area contributed by atoms with Crippen LogP contribution in [0.15, 0.2) is 30.3 Å². The normalized spacial score (nSPS) is 9.91. The van der Waals surface area contributed by atoms with Gasteiger partial charge in [-0.05, 0) is 19.1 Å². The lowest BCUT2D eigenvalue weighted by molar-refractivity contribution is -0.127. The van der Waals surface area contributed by atoms with Crippen LogP contribution in [-0.2, 0) is 14.3 Å². The van der Waals surface area contributed by atoms with Crippen molar-refractivity contribution in [3.05, 3.63) is 41.6 Å². The van der Waals surface area contributed by atoms with Crippen LogP contribution in [0.5, 0.6) is 0 Å². The predicted molar refractivity (Wildman–Crippen MR) is 81.3 cm³/mol. The number of aldehydes is 1. The molecule has 0 saturated heterocycles. The van der Waals surface area contributed by atoms with Crippen LogP contribution in [0.1, 0.15) is 16.1 Å². The molecule has 1 aromatic carbocycles. The number of aryl methyl sites for hydroxylation is 1. The molecule has 0 bridgehead atoms. The molecule has 1 aromatic heterocycles. The molecule has 0 aliphatic carbocycles. The Bertz CT molecular complexity index is 707. The van der Waals surface area contributed by atoms with Crippen molar-refractivity contribution in [2.45, 2.75) is 6.92 Å². The number of ether oxygens (including phenoxy) is 1. The standard InChI is InChI=1S/C15H15N3O4/c1-9-12(15(21)22-2)13(14(16-9)18-11(20)8-19)17-10-6-4-3-5-7-10/h3-8,16-17H,1-2H3,(H,18,20). The van der Waals surface area contributed by atoms with Crippen molar-refractivity contribution in [3.8, 4) is 0 Å². The number of hydrogen-bond donors (Lipinski definition) is 3. The van der Waals surface area contributed by atoms with Crippen LogP contribution in [0.25, 0.3) is 0 Å². The Labute approximate surface area is 126 Å². The minimum Gasteiger partial charge on any atom is -0.465 e. The van der Waals surface area contributed by atoms with Crippen molar-refractivity contribution < 1.29 is 19.1 Å². The van der Waals surface area contributed by atoms with Crippen LogP contribution in [0, 0.1) is 6.92 Å². The number of esters is 1. The van der Waals surface area contributed by atoms with Gasteiger partial charge in [0.05, 0.1) is 12.8 Å². The second-order valence-electron chi connectivity index (χ2n) is 4.46. The highest BCUT2D eigenvalue weighted by atomic mass is 16.5. The van der Waals surface area contributed by atoms with E-state index >= 15 is 0 Å². The molecular formula is C15H15N3O4. The third-order valence-corrected chi connectivity index (χ3v) is 2.98. The van der Waals surface area contributed by atoms with Crippen LogP contribution in [0.4, 0.5) is 17.2 Å². The Hall–Kier alpha value is -3.09. The Morgan fingerprint density at radius 1 is 1.23 bits per heavy atom. The minimum atomic E-state index is -0.825. The SMILES string of the molecule is COC(=O)c1c(C)[nH]c(NC(=O)C=O)c1Nc1ccccc1. The number of nitrogens with one attached hydrogen (secondary N) is 3. The molecule has 2 rings (SSSR count). The van der Waals surface area contributed by atoms with E-state index in [1.54, 1.807) is 19.1 Å². The molecule has 1 amide bonds. The zero-order valence-electron chi connectivity index (χ0n) is 12.1. The summed E-state index contributed by atoms with van der Waals surface area (Å²) in [6.45, 7) is 1.67. The van der Waals surface area contributed by atoms with Gasteiger partial charge in [-0.1, -0.05) is 18.2 Å². The van der Waals surface area contributed by atoms with Gasteiger partial charge in [0, 0.05) is 11.4 Å². The van der Waals surface area contributed by atoms with E-state index in [4.69, 9.17) is 4.74 Å². The number of para-hydroxylation sites is 1. The summed E-state index contributed by atoms with van der Waals surface area (Å²) in [4.78, 5) is 36.6. The molecule has 1 heterocycles. The van der Waals surface area contributed by atoms with Crippen molar-refractivity contribution in [1.29, 1.82) is 0 Å². The van der Waals surface area contributed by atoms with Crippen LogP contribution in [0.2, 0.25) is 0 Å². The van der Waals surface area contributed by atoms with Crippen molar-refractivity contribution >= 4 is 35.4 Å². The van der Waals surface area contributed by atoms with Gasteiger partial charge in [0.15, 0.2) is 0 Å². The lowest BCUT2D eigenvalue weighted by atomic mass is 10.2. The number of rotatable bonds is 5. The first-order valence-electron chi connectivity index (χ1n) is 6.46. The summed E-state index contributed by atoms with van der Waals surface area (Å²) < 4.78 is 4.76. The molecule has 2 aromatic rings. The summed E-state index contributed by atoms with van der Waals surface area (Å²) >= 11 is 0. The molecule has 0 unspecified atom stereocenters. The van der Waals surface area contributed by atoms with E-state index in [0.717, 1.165) is 0 Å². The number of carbonyl (C=O) groups excluding carboxylic acids is 3. The molecule has 0 saturated carbocycles. The smallest absolute Gasteiger partial charge is 0.341 e. The predicted octanol–water partition coefficient (Wildman–Crippen LogP) is 1.99.